The zero-order valence-electron chi connectivity index (χ0n) is 8.45. The molecule has 0 fully saturated rings. The molecule has 0 bridgehead atoms. The maximum Gasteiger partial charge on any atom is 0.303 e. The smallest absolute Gasteiger partial charge is 0.303 e. The predicted molar refractivity (Wildman–Crippen MR) is 51.9 cm³/mol. The van der Waals surface area contributed by atoms with Gasteiger partial charge in [-0.2, -0.15) is 0 Å². The second kappa shape index (κ2) is 6.77. The topological polar surface area (TPSA) is 122 Å². The Hall–Kier alpha value is -1.63. The molecule has 5 N–H and O–H groups in total. The highest BCUT2D eigenvalue weighted by Gasteiger charge is 2.14. The molecular formula is C8H15N3O4. The Morgan fingerprint density at radius 2 is 2.00 bits per heavy atom. The molecule has 0 rings (SSSR count). The minimum absolute atomic E-state index is 0.0505. The van der Waals surface area contributed by atoms with E-state index in [2.05, 4.69) is 10.6 Å². The summed E-state index contributed by atoms with van der Waals surface area (Å²) in [7, 11) is 1.44. The molecule has 0 aromatic carbocycles. The van der Waals surface area contributed by atoms with Gasteiger partial charge in [0.15, 0.2) is 0 Å². The minimum atomic E-state index is -1.01. The molecule has 0 aliphatic rings. The largest absolute Gasteiger partial charge is 0.481 e. The van der Waals surface area contributed by atoms with E-state index in [4.69, 9.17) is 10.8 Å². The van der Waals surface area contributed by atoms with E-state index in [9.17, 15) is 14.4 Å². The van der Waals surface area contributed by atoms with Crippen LogP contribution in [0.25, 0.3) is 0 Å². The van der Waals surface area contributed by atoms with Crippen molar-refractivity contribution in [1.82, 2.24) is 10.6 Å². The van der Waals surface area contributed by atoms with Crippen LogP contribution in [-0.4, -0.2) is 42.5 Å². The first-order chi connectivity index (χ1) is 6.97. The van der Waals surface area contributed by atoms with Crippen molar-refractivity contribution in [3.63, 3.8) is 0 Å². The molecule has 0 heterocycles. The van der Waals surface area contributed by atoms with Gasteiger partial charge in [-0.15, -0.1) is 0 Å². The van der Waals surface area contributed by atoms with E-state index in [0.29, 0.717) is 0 Å². The predicted octanol–water partition coefficient (Wildman–Crippen LogP) is -1.96. The Morgan fingerprint density at radius 3 is 2.47 bits per heavy atom. The van der Waals surface area contributed by atoms with E-state index in [-0.39, 0.29) is 25.3 Å². The van der Waals surface area contributed by atoms with Gasteiger partial charge in [0, 0.05) is 13.5 Å². The summed E-state index contributed by atoms with van der Waals surface area (Å²) < 4.78 is 0. The fourth-order valence-corrected chi connectivity index (χ4v) is 0.797. The monoisotopic (exact) mass is 217 g/mol. The molecule has 0 saturated carbocycles. The number of likely N-dealkylation sites (N-methyl/N-ethyl adjacent to an activating group) is 1. The number of hydrogen-bond acceptors (Lipinski definition) is 4. The third kappa shape index (κ3) is 6.44. The third-order valence-electron chi connectivity index (χ3n) is 1.71. The molecular weight excluding hydrogens is 202 g/mol. The molecule has 1 atom stereocenters. The molecule has 0 aromatic heterocycles. The normalized spacial score (nSPS) is 11.6. The first kappa shape index (κ1) is 13.4. The van der Waals surface area contributed by atoms with Crippen LogP contribution in [0.1, 0.15) is 12.8 Å². The summed E-state index contributed by atoms with van der Waals surface area (Å²) in [6.45, 7) is -0.157. The van der Waals surface area contributed by atoms with Gasteiger partial charge < -0.3 is 21.5 Å². The molecule has 86 valence electrons. The Bertz CT molecular complexity index is 254. The lowest BCUT2D eigenvalue weighted by Gasteiger charge is -2.10. The van der Waals surface area contributed by atoms with Gasteiger partial charge in [-0.25, -0.2) is 0 Å². The summed E-state index contributed by atoms with van der Waals surface area (Å²) in [4.78, 5) is 32.1. The van der Waals surface area contributed by atoms with E-state index >= 15 is 0 Å². The zero-order chi connectivity index (χ0) is 11.8. The molecule has 0 saturated heterocycles. The van der Waals surface area contributed by atoms with Crippen molar-refractivity contribution in [1.29, 1.82) is 0 Å². The lowest BCUT2D eigenvalue weighted by atomic mass is 10.1. The molecule has 0 radical (unpaired) electrons. The molecule has 0 aliphatic heterocycles. The number of nitrogens with two attached hydrogens (primary N) is 1. The van der Waals surface area contributed by atoms with E-state index < -0.39 is 17.9 Å². The number of carboxylic acids is 1. The number of hydrogen-bond donors (Lipinski definition) is 4. The first-order valence-electron chi connectivity index (χ1n) is 4.43. The quantitative estimate of drug-likeness (QED) is 0.411. The summed E-state index contributed by atoms with van der Waals surface area (Å²) >= 11 is 0. The van der Waals surface area contributed by atoms with Crippen molar-refractivity contribution in [3.05, 3.63) is 0 Å². The average molecular weight is 217 g/mol. The van der Waals surface area contributed by atoms with Gasteiger partial charge in [0.25, 0.3) is 0 Å². The van der Waals surface area contributed by atoms with E-state index in [1.807, 2.05) is 0 Å². The SMILES string of the molecule is CNC(=O)CNC(=O)C(N)CCC(=O)O. The first-order valence-corrected chi connectivity index (χ1v) is 4.43. The van der Waals surface area contributed by atoms with Crippen LogP contribution in [0, 0.1) is 0 Å². The summed E-state index contributed by atoms with van der Waals surface area (Å²) in [6.07, 6.45) is -0.122. The maximum atomic E-state index is 11.2. The van der Waals surface area contributed by atoms with Gasteiger partial charge >= 0.3 is 5.97 Å². The van der Waals surface area contributed by atoms with Crippen molar-refractivity contribution in [2.75, 3.05) is 13.6 Å². The average Bonchev–Trinajstić information content (AvgIpc) is 2.21. The van der Waals surface area contributed by atoms with Crippen LogP contribution in [0.3, 0.4) is 0 Å². The van der Waals surface area contributed by atoms with Gasteiger partial charge in [0.05, 0.1) is 12.6 Å². The van der Waals surface area contributed by atoms with Gasteiger partial charge in [0.2, 0.25) is 11.8 Å². The summed E-state index contributed by atoms with van der Waals surface area (Å²) in [5.41, 5.74) is 5.39. The van der Waals surface area contributed by atoms with Crippen LogP contribution in [-0.2, 0) is 14.4 Å². The molecule has 0 aromatic rings. The Kier molecular flexibility index (Phi) is 6.03. The maximum absolute atomic E-state index is 11.2. The van der Waals surface area contributed by atoms with Gasteiger partial charge in [-0.05, 0) is 6.42 Å². The van der Waals surface area contributed by atoms with Gasteiger partial charge in [-0.1, -0.05) is 0 Å². The number of aliphatic carboxylic acids is 1. The minimum Gasteiger partial charge on any atom is -0.481 e. The van der Waals surface area contributed by atoms with E-state index in [1.54, 1.807) is 0 Å². The molecule has 15 heavy (non-hydrogen) atoms. The molecule has 7 nitrogen and oxygen atoms in total. The Morgan fingerprint density at radius 1 is 1.40 bits per heavy atom. The molecule has 0 aliphatic carbocycles. The third-order valence-corrected chi connectivity index (χ3v) is 1.71. The second-order valence-electron chi connectivity index (χ2n) is 2.93. The van der Waals surface area contributed by atoms with Crippen LogP contribution in [0.15, 0.2) is 0 Å². The number of carbonyl (C=O) groups excluding carboxylic acids is 2. The van der Waals surface area contributed by atoms with Crippen molar-refractivity contribution in [3.8, 4) is 0 Å². The molecule has 2 amide bonds. The highest BCUT2D eigenvalue weighted by Crippen LogP contribution is 1.94. The Labute approximate surface area is 87.0 Å². The fourth-order valence-electron chi connectivity index (χ4n) is 0.797. The second-order valence-corrected chi connectivity index (χ2v) is 2.93. The number of carboxylic acid groups (broad SMARTS) is 1. The van der Waals surface area contributed by atoms with Crippen molar-refractivity contribution < 1.29 is 19.5 Å². The van der Waals surface area contributed by atoms with Crippen LogP contribution >= 0.6 is 0 Å². The zero-order valence-corrected chi connectivity index (χ0v) is 8.45. The number of rotatable bonds is 6. The fraction of sp³-hybridized carbons (Fsp3) is 0.625. The van der Waals surface area contributed by atoms with Crippen molar-refractivity contribution >= 4 is 17.8 Å². The lowest BCUT2D eigenvalue weighted by Crippen LogP contribution is -2.44. The van der Waals surface area contributed by atoms with E-state index in [1.165, 1.54) is 7.05 Å². The highest BCUT2D eigenvalue weighted by molar-refractivity contribution is 5.87. The summed E-state index contributed by atoms with van der Waals surface area (Å²) in [5, 5.41) is 13.0. The standard InChI is InChI=1S/C8H15N3O4/c1-10-6(12)4-11-8(15)5(9)2-3-7(13)14/h5H,2-4,9H2,1H3,(H,10,12)(H,11,15)(H,13,14). The summed E-state index contributed by atoms with van der Waals surface area (Å²) in [5.74, 6) is -1.88. The number of amides is 2. The molecule has 7 heteroatoms. The van der Waals surface area contributed by atoms with Crippen LogP contribution in [0.5, 0.6) is 0 Å². The van der Waals surface area contributed by atoms with Crippen LogP contribution in [0.4, 0.5) is 0 Å². The number of carbonyl (C=O) groups is 3. The highest BCUT2D eigenvalue weighted by atomic mass is 16.4. The van der Waals surface area contributed by atoms with Crippen LogP contribution in [0.2, 0.25) is 0 Å². The van der Waals surface area contributed by atoms with E-state index in [0.717, 1.165) is 0 Å². The van der Waals surface area contributed by atoms with Gasteiger partial charge in [-0.3, -0.25) is 14.4 Å². The lowest BCUT2D eigenvalue weighted by molar-refractivity contribution is -0.137. The van der Waals surface area contributed by atoms with Crippen molar-refractivity contribution in [2.24, 2.45) is 5.73 Å². The number of nitrogens with one attached hydrogen (secondary N) is 2. The van der Waals surface area contributed by atoms with Crippen LogP contribution < -0.4 is 16.4 Å². The molecule has 1 unspecified atom stereocenters. The summed E-state index contributed by atoms with van der Waals surface area (Å²) in [6, 6.07) is -0.897. The Balaban J connectivity index is 3.79. The van der Waals surface area contributed by atoms with Gasteiger partial charge in [0.1, 0.15) is 0 Å². The van der Waals surface area contributed by atoms with Crippen molar-refractivity contribution in [2.45, 2.75) is 18.9 Å². The molecule has 0 spiro atoms.